The second-order valence-corrected chi connectivity index (χ2v) is 7.98. The molecule has 3 aromatic rings. The Morgan fingerprint density at radius 3 is 2.07 bits per heavy atom. The number of fused-ring (bicyclic) bond motifs is 1. The summed E-state index contributed by atoms with van der Waals surface area (Å²) in [5.41, 5.74) is 8.34. The van der Waals surface area contributed by atoms with Crippen LogP contribution in [0, 0.1) is 0 Å². The summed E-state index contributed by atoms with van der Waals surface area (Å²) >= 11 is 0. The Hall–Kier alpha value is -3.45. The number of hydrogen-bond acceptors (Lipinski definition) is 5. The van der Waals surface area contributed by atoms with E-state index in [1.165, 1.54) is 24.3 Å². The molecule has 1 heterocycles. The van der Waals surface area contributed by atoms with E-state index in [0.29, 0.717) is 22.8 Å². The molecule has 134 valence electrons. The van der Waals surface area contributed by atoms with Crippen molar-refractivity contribution in [2.45, 2.75) is 9.79 Å². The number of nitrogen functional groups attached to an aromatic ring is 1. The van der Waals surface area contributed by atoms with E-state index in [4.69, 9.17) is 5.73 Å². The van der Waals surface area contributed by atoms with E-state index in [1.54, 1.807) is 30.3 Å². The summed E-state index contributed by atoms with van der Waals surface area (Å²) in [6.07, 6.45) is 0. The molecule has 1 aliphatic rings. The van der Waals surface area contributed by atoms with Gasteiger partial charge in [-0.3, -0.25) is 4.79 Å². The Labute approximate surface area is 156 Å². The first-order chi connectivity index (χ1) is 12.9. The third-order valence-electron chi connectivity index (χ3n) is 4.22. The van der Waals surface area contributed by atoms with Gasteiger partial charge in [-0.1, -0.05) is 18.2 Å². The Morgan fingerprint density at radius 2 is 1.41 bits per heavy atom. The topological polar surface area (TPSA) is 102 Å². The van der Waals surface area contributed by atoms with Gasteiger partial charge in [0, 0.05) is 11.3 Å². The monoisotopic (exact) mass is 377 g/mol. The molecule has 0 saturated heterocycles. The number of anilines is 2. The zero-order valence-corrected chi connectivity index (χ0v) is 14.9. The summed E-state index contributed by atoms with van der Waals surface area (Å²) in [7, 11) is -3.64. The van der Waals surface area contributed by atoms with Gasteiger partial charge in [-0.2, -0.15) is 0 Å². The van der Waals surface area contributed by atoms with E-state index < -0.39 is 9.84 Å². The summed E-state index contributed by atoms with van der Waals surface area (Å²) in [5.74, 6) is -0.283. The Bertz CT molecular complexity index is 1170. The minimum Gasteiger partial charge on any atom is -0.399 e. The van der Waals surface area contributed by atoms with Crippen LogP contribution in [0.4, 0.5) is 17.1 Å². The quantitative estimate of drug-likeness (QED) is 0.685. The van der Waals surface area contributed by atoms with E-state index in [0.717, 1.165) is 5.56 Å². The standard InChI is InChI=1S/C20H15N3O3S/c21-13-5-9-15(10-6-13)27(25,26)16-11-7-14(8-12-16)22-19-17-3-1-2-4-18(17)23-20(19)24/h1-12H,21H2,(H,22,23,24). The highest BCUT2D eigenvalue weighted by Gasteiger charge is 2.25. The van der Waals surface area contributed by atoms with Crippen LogP contribution >= 0.6 is 0 Å². The highest BCUT2D eigenvalue weighted by molar-refractivity contribution is 7.91. The van der Waals surface area contributed by atoms with E-state index in [1.807, 2.05) is 18.2 Å². The van der Waals surface area contributed by atoms with Crippen LogP contribution in [0.3, 0.4) is 0 Å². The molecule has 27 heavy (non-hydrogen) atoms. The number of nitrogens with zero attached hydrogens (tertiary/aromatic N) is 1. The van der Waals surface area contributed by atoms with Gasteiger partial charge < -0.3 is 11.1 Å². The normalized spacial score (nSPS) is 14.8. The smallest absolute Gasteiger partial charge is 0.275 e. The van der Waals surface area contributed by atoms with E-state index >= 15 is 0 Å². The lowest BCUT2D eigenvalue weighted by molar-refractivity contribution is -0.110. The van der Waals surface area contributed by atoms with Crippen molar-refractivity contribution >= 4 is 38.5 Å². The molecule has 6 nitrogen and oxygen atoms in total. The van der Waals surface area contributed by atoms with Gasteiger partial charge in [0.15, 0.2) is 0 Å². The van der Waals surface area contributed by atoms with Gasteiger partial charge >= 0.3 is 0 Å². The molecule has 4 rings (SSSR count). The fourth-order valence-electron chi connectivity index (χ4n) is 2.83. The molecule has 1 amide bonds. The van der Waals surface area contributed by atoms with Gasteiger partial charge in [-0.15, -0.1) is 0 Å². The molecule has 0 radical (unpaired) electrons. The molecule has 0 unspecified atom stereocenters. The number of sulfone groups is 1. The van der Waals surface area contributed by atoms with Crippen LogP contribution in [0.2, 0.25) is 0 Å². The highest BCUT2D eigenvalue weighted by atomic mass is 32.2. The number of hydrogen-bond donors (Lipinski definition) is 2. The summed E-state index contributed by atoms with van der Waals surface area (Å²) in [4.78, 5) is 16.8. The first kappa shape index (κ1) is 17.0. The van der Waals surface area contributed by atoms with Crippen molar-refractivity contribution in [3.63, 3.8) is 0 Å². The number of carbonyl (C=O) groups excluding carboxylic acids is 1. The molecule has 3 N–H and O–H groups in total. The van der Waals surface area contributed by atoms with Crippen LogP contribution in [0.15, 0.2) is 87.6 Å². The minimum absolute atomic E-state index is 0.146. The van der Waals surface area contributed by atoms with Crippen LogP contribution in [0.25, 0.3) is 0 Å². The molecule has 0 aliphatic carbocycles. The maximum atomic E-state index is 12.7. The highest BCUT2D eigenvalue weighted by Crippen LogP contribution is 2.27. The van der Waals surface area contributed by atoms with Gasteiger partial charge in [0.25, 0.3) is 5.91 Å². The van der Waals surface area contributed by atoms with Crippen molar-refractivity contribution < 1.29 is 13.2 Å². The van der Waals surface area contributed by atoms with Crippen molar-refractivity contribution in [2.24, 2.45) is 4.99 Å². The number of nitrogens with two attached hydrogens (primary N) is 1. The van der Waals surface area contributed by atoms with Gasteiger partial charge in [-0.05, 0) is 54.6 Å². The molecule has 0 spiro atoms. The molecule has 3 aromatic carbocycles. The van der Waals surface area contributed by atoms with Gasteiger partial charge in [0.05, 0.1) is 21.2 Å². The summed E-state index contributed by atoms with van der Waals surface area (Å²) in [6, 6.07) is 19.4. The molecule has 7 heteroatoms. The molecule has 0 saturated carbocycles. The average molecular weight is 377 g/mol. The maximum Gasteiger partial charge on any atom is 0.275 e. The SMILES string of the molecule is Nc1ccc(S(=O)(=O)c2ccc(N=C3C(=O)Nc4ccccc43)cc2)cc1. The molecular weight excluding hydrogens is 362 g/mol. The largest absolute Gasteiger partial charge is 0.399 e. The predicted octanol–water partition coefficient (Wildman–Crippen LogP) is 3.17. The van der Waals surface area contributed by atoms with Crippen molar-refractivity contribution in [2.75, 3.05) is 11.1 Å². The lowest BCUT2D eigenvalue weighted by Crippen LogP contribution is -2.13. The fraction of sp³-hybridized carbons (Fsp3) is 0. The Balaban J connectivity index is 1.67. The number of aliphatic imine (C=N–C) groups is 1. The number of para-hydroxylation sites is 1. The van der Waals surface area contributed by atoms with E-state index in [2.05, 4.69) is 10.3 Å². The molecule has 0 atom stereocenters. The van der Waals surface area contributed by atoms with Crippen LogP contribution in [0.1, 0.15) is 5.56 Å². The van der Waals surface area contributed by atoms with Crippen molar-refractivity contribution in [3.8, 4) is 0 Å². The second-order valence-electron chi connectivity index (χ2n) is 6.03. The molecule has 0 bridgehead atoms. The Morgan fingerprint density at radius 1 is 0.815 bits per heavy atom. The van der Waals surface area contributed by atoms with Gasteiger partial charge in [0.2, 0.25) is 9.84 Å². The number of amides is 1. The van der Waals surface area contributed by atoms with E-state index in [-0.39, 0.29) is 15.7 Å². The van der Waals surface area contributed by atoms with Crippen LogP contribution in [-0.4, -0.2) is 20.0 Å². The summed E-state index contributed by atoms with van der Waals surface area (Å²) < 4.78 is 25.4. The molecular formula is C20H15N3O3S. The van der Waals surface area contributed by atoms with Gasteiger partial charge in [-0.25, -0.2) is 13.4 Å². The lowest BCUT2D eigenvalue weighted by atomic mass is 10.1. The first-order valence-electron chi connectivity index (χ1n) is 8.15. The molecule has 1 aliphatic heterocycles. The third-order valence-corrected chi connectivity index (χ3v) is 6.01. The van der Waals surface area contributed by atoms with Crippen molar-refractivity contribution in [3.05, 3.63) is 78.4 Å². The van der Waals surface area contributed by atoms with Crippen molar-refractivity contribution in [1.82, 2.24) is 0 Å². The van der Waals surface area contributed by atoms with Crippen LogP contribution < -0.4 is 11.1 Å². The Kier molecular flexibility index (Phi) is 4.01. The van der Waals surface area contributed by atoms with Crippen LogP contribution in [0.5, 0.6) is 0 Å². The minimum atomic E-state index is -3.64. The van der Waals surface area contributed by atoms with E-state index in [9.17, 15) is 13.2 Å². The maximum absolute atomic E-state index is 12.7. The zero-order valence-electron chi connectivity index (χ0n) is 14.1. The second kappa shape index (κ2) is 6.37. The first-order valence-corrected chi connectivity index (χ1v) is 9.63. The summed E-state index contributed by atoms with van der Waals surface area (Å²) in [6.45, 7) is 0. The number of carbonyl (C=O) groups is 1. The number of nitrogens with one attached hydrogen (secondary N) is 1. The number of benzene rings is 3. The molecule has 0 aromatic heterocycles. The van der Waals surface area contributed by atoms with Crippen molar-refractivity contribution in [1.29, 1.82) is 0 Å². The van der Waals surface area contributed by atoms with Gasteiger partial charge in [0.1, 0.15) is 5.71 Å². The summed E-state index contributed by atoms with van der Waals surface area (Å²) in [5, 5.41) is 2.75. The lowest BCUT2D eigenvalue weighted by Gasteiger charge is -2.05. The molecule has 0 fully saturated rings. The third kappa shape index (κ3) is 3.09. The van der Waals surface area contributed by atoms with Crippen LogP contribution in [-0.2, 0) is 14.6 Å². The predicted molar refractivity (Wildman–Crippen MR) is 104 cm³/mol. The zero-order chi connectivity index (χ0) is 19.0. The number of rotatable bonds is 3. The fourth-order valence-corrected chi connectivity index (χ4v) is 4.09. The average Bonchev–Trinajstić information content (AvgIpc) is 2.98.